The summed E-state index contributed by atoms with van der Waals surface area (Å²) in [6.07, 6.45) is 3.55. The minimum Gasteiger partial charge on any atom is -0.450 e. The molecule has 2 aromatic rings. The summed E-state index contributed by atoms with van der Waals surface area (Å²) in [4.78, 5) is 23.3. The Bertz CT molecular complexity index is 586. The van der Waals surface area contributed by atoms with Gasteiger partial charge in [-0.15, -0.1) is 0 Å². The number of hydrogen-bond acceptors (Lipinski definition) is 5. The minimum atomic E-state index is -1.20. The van der Waals surface area contributed by atoms with E-state index in [1.807, 2.05) is 29.1 Å². The van der Waals surface area contributed by atoms with Gasteiger partial charge in [0.05, 0.1) is 6.04 Å². The highest BCUT2D eigenvalue weighted by Crippen LogP contribution is 2.20. The second kappa shape index (κ2) is 6.74. The number of carbonyl (C=O) groups is 2. The van der Waals surface area contributed by atoms with E-state index in [9.17, 15) is 9.59 Å². The van der Waals surface area contributed by atoms with Crippen molar-refractivity contribution in [3.8, 4) is 0 Å². The molecule has 1 unspecified atom stereocenters. The van der Waals surface area contributed by atoms with Crippen molar-refractivity contribution in [1.29, 1.82) is 0 Å². The maximum absolute atomic E-state index is 12.2. The van der Waals surface area contributed by atoms with Gasteiger partial charge in [0, 0.05) is 25.9 Å². The van der Waals surface area contributed by atoms with Crippen LogP contribution in [0.4, 0.5) is 0 Å². The molecule has 1 atom stereocenters. The lowest BCUT2D eigenvalue weighted by atomic mass is 10.1. The highest BCUT2D eigenvalue weighted by atomic mass is 32.1. The van der Waals surface area contributed by atoms with Crippen molar-refractivity contribution in [3.05, 3.63) is 40.8 Å². The van der Waals surface area contributed by atoms with E-state index in [4.69, 9.17) is 4.74 Å². The topological polar surface area (TPSA) is 73.2 Å². The zero-order chi connectivity index (χ0) is 16.2. The molecule has 2 aromatic heterocycles. The van der Waals surface area contributed by atoms with Crippen molar-refractivity contribution in [3.63, 3.8) is 0 Å². The molecule has 118 valence electrons. The molecule has 0 saturated carbocycles. The number of ether oxygens (including phenoxy) is 1. The standard InChI is InChI=1S/C15H19N3O3S/c1-11(19)21-15(2,3)14(20)16-9-13(12-5-8-22-10-12)18-7-4-6-17-18/h4-8,10,13H,9H2,1-3H3,(H,16,20). The molecule has 0 bridgehead atoms. The van der Waals surface area contributed by atoms with Gasteiger partial charge in [-0.25, -0.2) is 0 Å². The van der Waals surface area contributed by atoms with Gasteiger partial charge in [0.1, 0.15) is 0 Å². The number of amides is 1. The molecule has 0 aromatic carbocycles. The van der Waals surface area contributed by atoms with Crippen molar-refractivity contribution in [2.45, 2.75) is 32.4 Å². The predicted molar refractivity (Wildman–Crippen MR) is 83.5 cm³/mol. The third-order valence-electron chi connectivity index (χ3n) is 3.17. The maximum atomic E-state index is 12.2. The molecule has 2 rings (SSSR count). The zero-order valence-electron chi connectivity index (χ0n) is 12.8. The fourth-order valence-electron chi connectivity index (χ4n) is 2.10. The van der Waals surface area contributed by atoms with Gasteiger partial charge in [-0.2, -0.15) is 16.4 Å². The molecule has 0 aliphatic heterocycles. The quantitative estimate of drug-likeness (QED) is 0.826. The van der Waals surface area contributed by atoms with E-state index < -0.39 is 11.6 Å². The summed E-state index contributed by atoms with van der Waals surface area (Å²) in [6.45, 7) is 4.78. The van der Waals surface area contributed by atoms with Gasteiger partial charge in [0.2, 0.25) is 0 Å². The van der Waals surface area contributed by atoms with Crippen LogP contribution < -0.4 is 5.32 Å². The molecular weight excluding hydrogens is 302 g/mol. The average Bonchev–Trinajstić information content (AvgIpc) is 3.10. The van der Waals surface area contributed by atoms with Crippen LogP contribution in [-0.2, 0) is 14.3 Å². The molecule has 1 N–H and O–H groups in total. The Morgan fingerprint density at radius 2 is 2.27 bits per heavy atom. The smallest absolute Gasteiger partial charge is 0.303 e. The molecule has 7 heteroatoms. The first-order valence-corrected chi connectivity index (χ1v) is 7.83. The Morgan fingerprint density at radius 1 is 1.50 bits per heavy atom. The molecule has 0 saturated heterocycles. The first-order chi connectivity index (χ1) is 10.4. The highest BCUT2D eigenvalue weighted by molar-refractivity contribution is 7.07. The van der Waals surface area contributed by atoms with Crippen LogP contribution in [0.3, 0.4) is 0 Å². The van der Waals surface area contributed by atoms with Gasteiger partial charge >= 0.3 is 5.97 Å². The third-order valence-corrected chi connectivity index (χ3v) is 3.88. The lowest BCUT2D eigenvalue weighted by Gasteiger charge is -2.25. The van der Waals surface area contributed by atoms with E-state index in [1.54, 1.807) is 36.1 Å². The Hall–Kier alpha value is -2.15. The molecule has 1 amide bonds. The van der Waals surface area contributed by atoms with Crippen LogP contribution in [0.25, 0.3) is 0 Å². The van der Waals surface area contributed by atoms with Crippen LogP contribution >= 0.6 is 11.3 Å². The third kappa shape index (κ3) is 3.94. The first kappa shape index (κ1) is 16.2. The number of aromatic nitrogens is 2. The number of esters is 1. The summed E-state index contributed by atoms with van der Waals surface area (Å²) >= 11 is 1.59. The summed E-state index contributed by atoms with van der Waals surface area (Å²) in [5.74, 6) is -0.823. The molecule has 22 heavy (non-hydrogen) atoms. The summed E-state index contributed by atoms with van der Waals surface area (Å²) in [5.41, 5.74) is -0.130. The largest absolute Gasteiger partial charge is 0.450 e. The number of rotatable bonds is 6. The molecule has 0 aliphatic rings. The summed E-state index contributed by atoms with van der Waals surface area (Å²) in [7, 11) is 0. The number of nitrogens with zero attached hydrogens (tertiary/aromatic N) is 2. The number of thiophene rings is 1. The maximum Gasteiger partial charge on any atom is 0.303 e. The second-order valence-corrected chi connectivity index (χ2v) is 6.15. The highest BCUT2D eigenvalue weighted by Gasteiger charge is 2.31. The van der Waals surface area contributed by atoms with Gasteiger partial charge in [-0.1, -0.05) is 0 Å². The van der Waals surface area contributed by atoms with Gasteiger partial charge in [0.25, 0.3) is 5.91 Å². The van der Waals surface area contributed by atoms with Gasteiger partial charge in [-0.3, -0.25) is 14.3 Å². The van der Waals surface area contributed by atoms with Crippen molar-refractivity contribution in [2.24, 2.45) is 0 Å². The average molecular weight is 321 g/mol. The zero-order valence-corrected chi connectivity index (χ0v) is 13.6. The van der Waals surface area contributed by atoms with Gasteiger partial charge < -0.3 is 10.1 Å². The summed E-state index contributed by atoms with van der Waals surface area (Å²) in [6, 6.07) is 3.74. The summed E-state index contributed by atoms with van der Waals surface area (Å²) < 4.78 is 6.83. The molecule has 2 heterocycles. The van der Waals surface area contributed by atoms with Gasteiger partial charge in [-0.05, 0) is 42.3 Å². The van der Waals surface area contributed by atoms with Crippen LogP contribution in [-0.4, -0.2) is 33.8 Å². The van der Waals surface area contributed by atoms with Gasteiger partial charge in [0.15, 0.2) is 5.60 Å². The van der Waals surface area contributed by atoms with E-state index in [0.717, 1.165) is 5.56 Å². The SMILES string of the molecule is CC(=O)OC(C)(C)C(=O)NCC(c1ccsc1)n1cccn1. The van der Waals surface area contributed by atoms with E-state index >= 15 is 0 Å². The van der Waals surface area contributed by atoms with Crippen LogP contribution in [0.15, 0.2) is 35.3 Å². The summed E-state index contributed by atoms with van der Waals surface area (Å²) in [5, 5.41) is 11.1. The number of nitrogens with one attached hydrogen (secondary N) is 1. The fraction of sp³-hybridized carbons (Fsp3) is 0.400. The molecule has 0 spiro atoms. The first-order valence-electron chi connectivity index (χ1n) is 6.89. The Morgan fingerprint density at radius 3 is 2.82 bits per heavy atom. The molecular formula is C15H19N3O3S. The number of hydrogen-bond donors (Lipinski definition) is 1. The second-order valence-electron chi connectivity index (χ2n) is 5.37. The lowest BCUT2D eigenvalue weighted by molar-refractivity contribution is -0.162. The Labute approximate surface area is 133 Å². The van der Waals surface area contributed by atoms with Crippen LogP contribution in [0.1, 0.15) is 32.4 Å². The Kier molecular flexibility index (Phi) is 4.97. The van der Waals surface area contributed by atoms with E-state index in [0.29, 0.717) is 6.54 Å². The van der Waals surface area contributed by atoms with E-state index in [1.165, 1.54) is 6.92 Å². The predicted octanol–water partition coefficient (Wildman–Crippen LogP) is 1.99. The molecule has 0 aliphatic carbocycles. The van der Waals surface area contributed by atoms with Crippen molar-refractivity contribution >= 4 is 23.2 Å². The van der Waals surface area contributed by atoms with E-state index in [2.05, 4.69) is 10.4 Å². The van der Waals surface area contributed by atoms with Crippen molar-refractivity contribution < 1.29 is 14.3 Å². The van der Waals surface area contributed by atoms with Crippen LogP contribution in [0.2, 0.25) is 0 Å². The normalized spacial score (nSPS) is 12.7. The molecule has 0 fully saturated rings. The lowest BCUT2D eigenvalue weighted by Crippen LogP contribution is -2.46. The monoisotopic (exact) mass is 321 g/mol. The fourth-order valence-corrected chi connectivity index (χ4v) is 2.81. The molecule has 0 radical (unpaired) electrons. The Balaban J connectivity index is 2.06. The van der Waals surface area contributed by atoms with Crippen LogP contribution in [0, 0.1) is 0 Å². The minimum absolute atomic E-state index is 0.0988. The molecule has 6 nitrogen and oxygen atoms in total. The number of carbonyl (C=O) groups excluding carboxylic acids is 2. The van der Waals surface area contributed by atoms with Crippen molar-refractivity contribution in [1.82, 2.24) is 15.1 Å². The van der Waals surface area contributed by atoms with E-state index in [-0.39, 0.29) is 11.9 Å². The van der Waals surface area contributed by atoms with Crippen LogP contribution in [0.5, 0.6) is 0 Å². The van der Waals surface area contributed by atoms with Crippen molar-refractivity contribution in [2.75, 3.05) is 6.54 Å².